The van der Waals surface area contributed by atoms with E-state index in [1.807, 2.05) is 11.3 Å². The van der Waals surface area contributed by atoms with Crippen LogP contribution in [-0.4, -0.2) is 6.37 Å². The fourth-order valence-corrected chi connectivity index (χ4v) is 20.0. The average molecular weight is 553 g/mol. The quantitative estimate of drug-likeness (QED) is 0.186. The molecular weight excluding hydrogens is 533 g/mol. The van der Waals surface area contributed by atoms with Gasteiger partial charge in [0, 0.05) is 35.3 Å². The van der Waals surface area contributed by atoms with Crippen molar-refractivity contribution in [2.75, 3.05) is 0 Å². The molecule has 178 valence electrons. The summed E-state index contributed by atoms with van der Waals surface area (Å²) in [6, 6.07) is 45.9. The zero-order valence-electron chi connectivity index (χ0n) is 20.3. The molecule has 0 fully saturated rings. The fourth-order valence-electron chi connectivity index (χ4n) is 6.28. The van der Waals surface area contributed by atoms with Gasteiger partial charge in [0.1, 0.15) is 0 Å². The smallest absolute Gasteiger partial charge is 0.135 e. The van der Waals surface area contributed by atoms with Crippen LogP contribution in [-0.2, 0) is 0 Å². The van der Waals surface area contributed by atoms with Gasteiger partial charge in [-0.3, -0.25) is 0 Å². The third-order valence-corrected chi connectivity index (χ3v) is 20.3. The minimum atomic E-state index is -2.20. The molecule has 0 nitrogen and oxygen atoms in total. The van der Waals surface area contributed by atoms with Crippen molar-refractivity contribution in [1.82, 2.24) is 0 Å². The first-order chi connectivity index (χ1) is 18.8. The standard InChI is InChI=1S/C34H20S3Si/c1-3-11-28-24(9-1)27-19-22(16-18-29(27)35-28)23-15-17-26-25-10-2-4-14-32(25)38(33(26)20-23)36-30-12-5-7-21-8-6-13-31(37-38)34(21)30/h1-20H. The van der Waals surface area contributed by atoms with E-state index in [2.05, 4.69) is 144 Å². The molecule has 3 heterocycles. The number of hydrogen-bond donors (Lipinski definition) is 0. The summed E-state index contributed by atoms with van der Waals surface area (Å²) in [7, 11) is 0. The number of fused-ring (bicyclic) bond motifs is 8. The molecule has 0 saturated carbocycles. The zero-order chi connectivity index (χ0) is 24.8. The molecule has 0 atom stereocenters. The first kappa shape index (κ1) is 21.6. The lowest BCUT2D eigenvalue weighted by Crippen LogP contribution is -2.50. The molecule has 9 rings (SSSR count). The molecule has 0 amide bonds. The third-order valence-electron chi connectivity index (χ3n) is 7.99. The summed E-state index contributed by atoms with van der Waals surface area (Å²) in [5.41, 5.74) is 5.47. The predicted octanol–water partition coefficient (Wildman–Crippen LogP) is 9.31. The van der Waals surface area contributed by atoms with Crippen molar-refractivity contribution in [3.8, 4) is 22.3 Å². The van der Waals surface area contributed by atoms with E-state index in [9.17, 15) is 0 Å². The van der Waals surface area contributed by atoms with Gasteiger partial charge >= 0.3 is 0 Å². The number of rotatable bonds is 1. The monoisotopic (exact) mass is 552 g/mol. The van der Waals surface area contributed by atoms with Gasteiger partial charge in [-0.2, -0.15) is 0 Å². The molecule has 0 saturated heterocycles. The Bertz CT molecular complexity index is 2060. The van der Waals surface area contributed by atoms with E-state index in [-0.39, 0.29) is 0 Å². The van der Waals surface area contributed by atoms with Crippen molar-refractivity contribution >= 4 is 81.5 Å². The highest BCUT2D eigenvalue weighted by molar-refractivity contribution is 8.61. The van der Waals surface area contributed by atoms with Gasteiger partial charge in [-0.1, -0.05) is 91.0 Å². The Labute approximate surface area is 233 Å². The molecule has 0 bridgehead atoms. The van der Waals surface area contributed by atoms with Gasteiger partial charge in [0.25, 0.3) is 0 Å². The summed E-state index contributed by atoms with van der Waals surface area (Å²) in [6.45, 7) is 0. The summed E-state index contributed by atoms with van der Waals surface area (Å²) in [4.78, 5) is 2.87. The summed E-state index contributed by atoms with van der Waals surface area (Å²) in [6.07, 6.45) is -2.20. The van der Waals surface area contributed by atoms with Crippen LogP contribution in [0.2, 0.25) is 0 Å². The minimum Gasteiger partial charge on any atom is -0.135 e. The van der Waals surface area contributed by atoms with Crippen molar-refractivity contribution in [2.45, 2.75) is 9.79 Å². The van der Waals surface area contributed by atoms with E-state index in [0.29, 0.717) is 0 Å². The Kier molecular flexibility index (Phi) is 4.48. The van der Waals surface area contributed by atoms with E-state index < -0.39 is 6.37 Å². The SMILES string of the molecule is c1ccc2c(c1)-c1ccc(-c3ccc4sc5ccccc5c4c3)cc1[Si]21Sc2cccc3cccc(c23)S1. The summed E-state index contributed by atoms with van der Waals surface area (Å²) >= 11 is 6.20. The molecule has 7 aromatic rings. The maximum absolute atomic E-state index is 2.53. The van der Waals surface area contributed by atoms with Crippen molar-refractivity contribution < 1.29 is 0 Å². The molecule has 2 aliphatic heterocycles. The number of benzene rings is 6. The minimum absolute atomic E-state index is 1.30. The van der Waals surface area contributed by atoms with Crippen LogP contribution in [0.5, 0.6) is 0 Å². The molecule has 1 aromatic heterocycles. The van der Waals surface area contributed by atoms with Crippen LogP contribution in [0.3, 0.4) is 0 Å². The molecule has 0 N–H and O–H groups in total. The zero-order valence-corrected chi connectivity index (χ0v) is 23.7. The van der Waals surface area contributed by atoms with Crippen LogP contribution in [0.1, 0.15) is 0 Å². The van der Waals surface area contributed by atoms with Gasteiger partial charge in [-0.05, 0) is 68.3 Å². The molecule has 0 unspecified atom stereocenters. The van der Waals surface area contributed by atoms with Gasteiger partial charge in [-0.25, -0.2) is 0 Å². The molecule has 2 aliphatic rings. The van der Waals surface area contributed by atoms with Gasteiger partial charge in [-0.15, -0.1) is 33.8 Å². The van der Waals surface area contributed by atoms with Crippen LogP contribution in [0.25, 0.3) is 53.2 Å². The first-order valence-electron chi connectivity index (χ1n) is 12.8. The highest BCUT2D eigenvalue weighted by Crippen LogP contribution is 2.54. The summed E-state index contributed by atoms with van der Waals surface area (Å²) in [5, 5.41) is 8.60. The van der Waals surface area contributed by atoms with Crippen molar-refractivity contribution in [2.24, 2.45) is 0 Å². The van der Waals surface area contributed by atoms with Crippen LogP contribution < -0.4 is 10.4 Å². The fraction of sp³-hybridized carbons (Fsp3) is 0. The molecule has 4 heteroatoms. The van der Waals surface area contributed by atoms with Gasteiger partial charge < -0.3 is 0 Å². The normalized spacial score (nSPS) is 14.8. The second-order valence-electron chi connectivity index (χ2n) is 10.0. The van der Waals surface area contributed by atoms with Crippen molar-refractivity contribution in [3.05, 3.63) is 121 Å². The number of hydrogen-bond acceptors (Lipinski definition) is 3. The molecule has 6 aromatic carbocycles. The molecule has 38 heavy (non-hydrogen) atoms. The van der Waals surface area contributed by atoms with E-state index in [1.54, 1.807) is 10.4 Å². The van der Waals surface area contributed by atoms with E-state index >= 15 is 0 Å². The Morgan fingerprint density at radius 1 is 0.474 bits per heavy atom. The molecular formula is C34H20S3Si. The van der Waals surface area contributed by atoms with Crippen LogP contribution >= 0.6 is 33.8 Å². The molecule has 1 spiro atoms. The highest BCUT2D eigenvalue weighted by Gasteiger charge is 2.50. The van der Waals surface area contributed by atoms with E-state index in [4.69, 9.17) is 0 Å². The average Bonchev–Trinajstić information content (AvgIpc) is 3.46. The first-order valence-corrected chi connectivity index (χ1v) is 18.7. The Morgan fingerprint density at radius 2 is 1.16 bits per heavy atom. The van der Waals surface area contributed by atoms with Crippen molar-refractivity contribution in [3.63, 3.8) is 0 Å². The molecule has 0 radical (unpaired) electrons. The van der Waals surface area contributed by atoms with E-state index in [0.717, 1.165) is 0 Å². The second-order valence-corrected chi connectivity index (χ2v) is 20.4. The summed E-state index contributed by atoms with van der Waals surface area (Å²) in [5.74, 6) is 0. The maximum Gasteiger partial charge on any atom is 0.250 e. The topological polar surface area (TPSA) is 0 Å². The Balaban J connectivity index is 1.27. The van der Waals surface area contributed by atoms with Gasteiger partial charge in [0.15, 0.2) is 0 Å². The second kappa shape index (κ2) is 7.87. The lowest BCUT2D eigenvalue weighted by Gasteiger charge is -2.33. The Hall–Kier alpha value is -3.28. The van der Waals surface area contributed by atoms with Gasteiger partial charge in [0.2, 0.25) is 6.37 Å². The Morgan fingerprint density at radius 3 is 2.03 bits per heavy atom. The lowest BCUT2D eigenvalue weighted by molar-refractivity contribution is 1.45. The van der Waals surface area contributed by atoms with Gasteiger partial charge in [0.05, 0.1) is 0 Å². The van der Waals surface area contributed by atoms with E-state index in [1.165, 1.54) is 63.0 Å². The van der Waals surface area contributed by atoms with Crippen LogP contribution in [0.15, 0.2) is 131 Å². The maximum atomic E-state index is 2.53. The largest absolute Gasteiger partial charge is 0.250 e. The van der Waals surface area contributed by atoms with Crippen molar-refractivity contribution in [1.29, 1.82) is 0 Å². The predicted molar refractivity (Wildman–Crippen MR) is 171 cm³/mol. The molecule has 0 aliphatic carbocycles. The van der Waals surface area contributed by atoms with Crippen LogP contribution in [0, 0.1) is 0 Å². The lowest BCUT2D eigenvalue weighted by atomic mass is 9.99. The number of thiophene rings is 1. The van der Waals surface area contributed by atoms with Crippen LogP contribution in [0.4, 0.5) is 0 Å². The summed E-state index contributed by atoms with van der Waals surface area (Å²) < 4.78 is 2.72. The highest BCUT2D eigenvalue weighted by atomic mass is 32.6. The third kappa shape index (κ3) is 2.89.